The minimum Gasteiger partial charge on any atom is -0.483 e. The van der Waals surface area contributed by atoms with E-state index in [0.29, 0.717) is 11.8 Å². The first-order chi connectivity index (χ1) is 10.1. The van der Waals surface area contributed by atoms with Crippen LogP contribution in [0.5, 0.6) is 0 Å². The van der Waals surface area contributed by atoms with Gasteiger partial charge in [-0.25, -0.2) is 0 Å². The normalized spacial score (nSPS) is 48.1. The molecule has 4 heteroatoms. The maximum atomic E-state index is 12.2. The van der Waals surface area contributed by atoms with Gasteiger partial charge in [-0.1, -0.05) is 27.7 Å². The summed E-state index contributed by atoms with van der Waals surface area (Å²) < 4.78 is 0. The summed E-state index contributed by atoms with van der Waals surface area (Å²) in [6.45, 7) is 10.6. The molecule has 22 heavy (non-hydrogen) atoms. The van der Waals surface area contributed by atoms with Crippen molar-refractivity contribution in [3.8, 4) is 0 Å². The lowest BCUT2D eigenvalue weighted by atomic mass is 9.35. The molecule has 6 unspecified atom stereocenters. The summed E-state index contributed by atoms with van der Waals surface area (Å²) in [7, 11) is 0. The Morgan fingerprint density at radius 2 is 1.73 bits per heavy atom. The molecule has 4 fully saturated rings. The van der Waals surface area contributed by atoms with Gasteiger partial charge < -0.3 is 10.2 Å². The smallest absolute Gasteiger partial charge is 0.290 e. The molecule has 0 aromatic heterocycles. The summed E-state index contributed by atoms with van der Waals surface area (Å²) in [4.78, 5) is 20.6. The van der Waals surface area contributed by atoms with Gasteiger partial charge in [0.05, 0.1) is 6.10 Å². The largest absolute Gasteiger partial charge is 0.483 e. The maximum Gasteiger partial charge on any atom is 0.290 e. The average Bonchev–Trinajstić information content (AvgIpc) is 2.72. The zero-order chi connectivity index (χ0) is 16.9. The van der Waals surface area contributed by atoms with Gasteiger partial charge in [0.1, 0.15) is 5.78 Å². The lowest BCUT2D eigenvalue weighted by Crippen LogP contribution is -2.68. The van der Waals surface area contributed by atoms with E-state index in [4.69, 9.17) is 9.90 Å². The second kappa shape index (κ2) is 5.33. The number of carbonyl (C=O) groups excluding carboxylic acids is 1. The summed E-state index contributed by atoms with van der Waals surface area (Å²) >= 11 is 0. The van der Waals surface area contributed by atoms with Gasteiger partial charge in [-0.3, -0.25) is 9.59 Å². The van der Waals surface area contributed by atoms with E-state index >= 15 is 0 Å². The molecular formula is C18H30O4. The van der Waals surface area contributed by atoms with E-state index < -0.39 is 0 Å². The molecule has 4 saturated carbocycles. The van der Waals surface area contributed by atoms with Crippen molar-refractivity contribution in [2.45, 2.75) is 66.4 Å². The number of aliphatic hydroxyl groups is 1. The first kappa shape index (κ1) is 17.5. The van der Waals surface area contributed by atoms with Gasteiger partial charge in [0.25, 0.3) is 6.47 Å². The van der Waals surface area contributed by atoms with Crippen LogP contribution in [-0.2, 0) is 9.59 Å². The first-order valence-electron chi connectivity index (χ1n) is 8.36. The molecule has 4 rings (SSSR count). The Bertz CT molecular complexity index is 472. The van der Waals surface area contributed by atoms with Crippen molar-refractivity contribution in [1.29, 1.82) is 0 Å². The minimum absolute atomic E-state index is 0.0445. The summed E-state index contributed by atoms with van der Waals surface area (Å²) in [5, 5.41) is 17.7. The topological polar surface area (TPSA) is 74.6 Å². The van der Waals surface area contributed by atoms with Gasteiger partial charge in [0.2, 0.25) is 0 Å². The van der Waals surface area contributed by atoms with Crippen LogP contribution in [0.15, 0.2) is 0 Å². The average molecular weight is 310 g/mol. The number of ketones is 1. The van der Waals surface area contributed by atoms with Crippen molar-refractivity contribution >= 4 is 12.3 Å². The van der Waals surface area contributed by atoms with Crippen molar-refractivity contribution in [2.75, 3.05) is 0 Å². The molecule has 2 bridgehead atoms. The predicted octanol–water partition coefficient (Wildman–Crippen LogP) is 3.13. The first-order valence-corrected chi connectivity index (χ1v) is 8.36. The van der Waals surface area contributed by atoms with E-state index in [-0.39, 0.29) is 40.5 Å². The number of Topliss-reactive ketones (excluding diaryl/α,β-unsaturated/α-hetero) is 1. The number of hydrogen-bond acceptors (Lipinski definition) is 3. The van der Waals surface area contributed by atoms with Crippen molar-refractivity contribution < 1.29 is 19.8 Å². The van der Waals surface area contributed by atoms with E-state index in [1.807, 2.05) is 0 Å². The number of fused-ring (bicyclic) bond motifs is 2. The van der Waals surface area contributed by atoms with E-state index in [0.717, 1.165) is 12.8 Å². The third kappa shape index (κ3) is 1.92. The fourth-order valence-corrected chi connectivity index (χ4v) is 6.40. The van der Waals surface area contributed by atoms with Crippen molar-refractivity contribution in [2.24, 2.45) is 34.0 Å². The molecular weight excluding hydrogens is 280 g/mol. The predicted molar refractivity (Wildman–Crippen MR) is 84.3 cm³/mol. The van der Waals surface area contributed by atoms with Gasteiger partial charge in [-0.15, -0.1) is 0 Å². The Kier molecular flexibility index (Phi) is 4.23. The zero-order valence-electron chi connectivity index (χ0n) is 14.4. The second-order valence-electron chi connectivity index (χ2n) is 8.46. The highest BCUT2D eigenvalue weighted by atomic mass is 16.3. The molecule has 0 heterocycles. The summed E-state index contributed by atoms with van der Waals surface area (Å²) in [5.74, 6) is 1.66. The van der Waals surface area contributed by atoms with Crippen LogP contribution in [0.25, 0.3) is 0 Å². The minimum atomic E-state index is -0.318. The SMILES string of the molecule is CC(=O)C1CC23CC(O)C1(C)C(C)(C)C2CCC3C.O=CO. The highest BCUT2D eigenvalue weighted by Gasteiger charge is 2.72. The Morgan fingerprint density at radius 3 is 2.23 bits per heavy atom. The molecule has 0 amide bonds. The van der Waals surface area contributed by atoms with Crippen LogP contribution >= 0.6 is 0 Å². The van der Waals surface area contributed by atoms with E-state index in [9.17, 15) is 9.90 Å². The van der Waals surface area contributed by atoms with Crippen molar-refractivity contribution in [3.63, 3.8) is 0 Å². The molecule has 126 valence electrons. The number of carbonyl (C=O) groups is 2. The molecule has 4 nitrogen and oxygen atoms in total. The van der Waals surface area contributed by atoms with Gasteiger partial charge >= 0.3 is 0 Å². The quantitative estimate of drug-likeness (QED) is 0.730. The lowest BCUT2D eigenvalue weighted by molar-refractivity contribution is -0.249. The van der Waals surface area contributed by atoms with Crippen LogP contribution in [0.2, 0.25) is 0 Å². The summed E-state index contributed by atoms with van der Waals surface area (Å²) in [6.07, 6.45) is 4.16. The summed E-state index contributed by atoms with van der Waals surface area (Å²) in [6, 6.07) is 0. The van der Waals surface area contributed by atoms with Crippen LogP contribution in [0.1, 0.15) is 60.3 Å². The number of rotatable bonds is 1. The summed E-state index contributed by atoms with van der Waals surface area (Å²) in [5.41, 5.74) is 0.0380. The molecule has 0 saturated heterocycles. The Labute approximate surface area is 133 Å². The standard InChI is InChI=1S/C17H28O2.CH2O2/c1-10-6-7-13-15(3,4)16(5)12(11(2)18)8-17(10,13)9-14(16)19;2-1-3/h10,12-14,19H,6-9H2,1-5H3;1H,(H,2,3). The van der Waals surface area contributed by atoms with Crippen molar-refractivity contribution in [1.82, 2.24) is 0 Å². The fraction of sp³-hybridized carbons (Fsp3) is 0.889. The molecule has 0 aromatic carbocycles. The fourth-order valence-electron chi connectivity index (χ4n) is 6.40. The molecule has 1 spiro atoms. The number of aliphatic hydroxyl groups excluding tert-OH is 1. The Hall–Kier alpha value is -0.900. The third-order valence-electron chi connectivity index (χ3n) is 7.89. The van der Waals surface area contributed by atoms with Crippen LogP contribution in [0.4, 0.5) is 0 Å². The highest BCUT2D eigenvalue weighted by Crippen LogP contribution is 2.75. The lowest BCUT2D eigenvalue weighted by Gasteiger charge is -2.69. The second-order valence-corrected chi connectivity index (χ2v) is 8.46. The maximum absolute atomic E-state index is 12.2. The number of carboxylic acid groups (broad SMARTS) is 1. The van der Waals surface area contributed by atoms with Crippen molar-refractivity contribution in [3.05, 3.63) is 0 Å². The van der Waals surface area contributed by atoms with Crippen LogP contribution in [-0.4, -0.2) is 28.6 Å². The molecule has 0 aromatic rings. The zero-order valence-corrected chi connectivity index (χ0v) is 14.4. The Morgan fingerprint density at radius 1 is 1.18 bits per heavy atom. The van der Waals surface area contributed by atoms with E-state index in [1.54, 1.807) is 6.92 Å². The van der Waals surface area contributed by atoms with Crippen LogP contribution in [0, 0.1) is 34.0 Å². The Balaban J connectivity index is 0.000000545. The third-order valence-corrected chi connectivity index (χ3v) is 7.89. The number of hydrogen-bond donors (Lipinski definition) is 2. The van der Waals surface area contributed by atoms with Gasteiger partial charge in [-0.2, -0.15) is 0 Å². The van der Waals surface area contributed by atoms with Gasteiger partial charge in [0, 0.05) is 11.3 Å². The molecule has 4 aliphatic rings. The molecule has 6 atom stereocenters. The highest BCUT2D eigenvalue weighted by molar-refractivity contribution is 5.80. The molecule has 0 aliphatic heterocycles. The molecule has 0 radical (unpaired) electrons. The van der Waals surface area contributed by atoms with Crippen LogP contribution in [0.3, 0.4) is 0 Å². The van der Waals surface area contributed by atoms with E-state index in [2.05, 4.69) is 27.7 Å². The van der Waals surface area contributed by atoms with Gasteiger partial charge in [-0.05, 0) is 55.3 Å². The monoisotopic (exact) mass is 310 g/mol. The molecule has 2 N–H and O–H groups in total. The molecule has 4 aliphatic carbocycles. The van der Waals surface area contributed by atoms with Crippen LogP contribution < -0.4 is 0 Å². The van der Waals surface area contributed by atoms with E-state index in [1.165, 1.54) is 12.8 Å². The van der Waals surface area contributed by atoms with Gasteiger partial charge in [0.15, 0.2) is 0 Å².